The van der Waals surface area contributed by atoms with Crippen LogP contribution in [0.15, 0.2) is 0 Å². The molecule has 132 valence electrons. The fourth-order valence-corrected chi connectivity index (χ4v) is 2.83. The standard InChI is InChI=1S/C19H39NO2/c1-4-5-6-7-8-9-10-11-12-13-14-15-16-20-18(17(2)3)19(21)22/h17-18,20H,4-16H2,1-3H3,(H,21,22). The summed E-state index contributed by atoms with van der Waals surface area (Å²) in [6.07, 6.45) is 16.1. The van der Waals surface area contributed by atoms with Gasteiger partial charge in [-0.2, -0.15) is 0 Å². The Bertz CT molecular complexity index is 254. The summed E-state index contributed by atoms with van der Waals surface area (Å²) < 4.78 is 0. The minimum atomic E-state index is -0.728. The van der Waals surface area contributed by atoms with Crippen LogP contribution in [0.2, 0.25) is 0 Å². The van der Waals surface area contributed by atoms with Gasteiger partial charge in [-0.3, -0.25) is 4.79 Å². The van der Waals surface area contributed by atoms with Crippen molar-refractivity contribution in [2.75, 3.05) is 6.54 Å². The van der Waals surface area contributed by atoms with Crippen LogP contribution in [0.25, 0.3) is 0 Å². The molecule has 22 heavy (non-hydrogen) atoms. The quantitative estimate of drug-likeness (QED) is 0.376. The van der Waals surface area contributed by atoms with E-state index in [2.05, 4.69) is 12.2 Å². The Balaban J connectivity index is 3.25. The number of hydrogen-bond donors (Lipinski definition) is 2. The molecule has 2 N–H and O–H groups in total. The van der Waals surface area contributed by atoms with Crippen molar-refractivity contribution in [2.45, 2.75) is 104 Å². The van der Waals surface area contributed by atoms with E-state index in [1.165, 1.54) is 70.6 Å². The van der Waals surface area contributed by atoms with Crippen molar-refractivity contribution >= 4 is 5.97 Å². The third-order valence-corrected chi connectivity index (χ3v) is 4.33. The summed E-state index contributed by atoms with van der Waals surface area (Å²) in [4.78, 5) is 11.0. The van der Waals surface area contributed by atoms with Crippen LogP contribution in [-0.4, -0.2) is 23.7 Å². The van der Waals surface area contributed by atoms with Gasteiger partial charge in [0.05, 0.1) is 0 Å². The number of aliphatic carboxylic acids is 1. The van der Waals surface area contributed by atoms with Gasteiger partial charge < -0.3 is 10.4 Å². The SMILES string of the molecule is CCCCCCCCCCCCCCNC(C(=O)O)C(C)C. The Kier molecular flexibility index (Phi) is 14.9. The molecule has 0 rings (SSSR count). The molecule has 0 saturated carbocycles. The molecule has 0 aromatic rings. The van der Waals surface area contributed by atoms with E-state index in [4.69, 9.17) is 5.11 Å². The predicted octanol–water partition coefficient (Wildman–Crippen LogP) is 5.39. The van der Waals surface area contributed by atoms with Crippen molar-refractivity contribution in [1.82, 2.24) is 5.32 Å². The Labute approximate surface area is 138 Å². The lowest BCUT2D eigenvalue weighted by Gasteiger charge is -2.17. The zero-order chi connectivity index (χ0) is 16.6. The second kappa shape index (κ2) is 15.3. The molecular formula is C19H39NO2. The first kappa shape index (κ1) is 21.4. The Morgan fingerprint density at radius 2 is 1.23 bits per heavy atom. The largest absolute Gasteiger partial charge is 0.480 e. The van der Waals surface area contributed by atoms with Gasteiger partial charge >= 0.3 is 5.97 Å². The molecular weight excluding hydrogens is 274 g/mol. The van der Waals surface area contributed by atoms with Gasteiger partial charge in [-0.25, -0.2) is 0 Å². The highest BCUT2D eigenvalue weighted by molar-refractivity contribution is 5.73. The third-order valence-electron chi connectivity index (χ3n) is 4.33. The first-order valence-corrected chi connectivity index (χ1v) is 9.55. The maximum absolute atomic E-state index is 11.0. The fraction of sp³-hybridized carbons (Fsp3) is 0.947. The van der Waals surface area contributed by atoms with Gasteiger partial charge in [0.15, 0.2) is 0 Å². The van der Waals surface area contributed by atoms with Crippen LogP contribution >= 0.6 is 0 Å². The zero-order valence-corrected chi connectivity index (χ0v) is 15.2. The van der Waals surface area contributed by atoms with Crippen LogP contribution in [0.5, 0.6) is 0 Å². The van der Waals surface area contributed by atoms with Crippen LogP contribution < -0.4 is 5.32 Å². The van der Waals surface area contributed by atoms with E-state index in [1.54, 1.807) is 0 Å². The number of carboxylic acids is 1. The molecule has 3 nitrogen and oxygen atoms in total. The van der Waals surface area contributed by atoms with Gasteiger partial charge in [-0.05, 0) is 18.9 Å². The minimum absolute atomic E-state index is 0.148. The lowest BCUT2D eigenvalue weighted by atomic mass is 10.0. The van der Waals surface area contributed by atoms with Crippen LogP contribution in [-0.2, 0) is 4.79 Å². The molecule has 3 heteroatoms. The fourth-order valence-electron chi connectivity index (χ4n) is 2.83. The highest BCUT2D eigenvalue weighted by Crippen LogP contribution is 2.11. The van der Waals surface area contributed by atoms with Crippen LogP contribution in [0.1, 0.15) is 97.8 Å². The van der Waals surface area contributed by atoms with E-state index < -0.39 is 12.0 Å². The molecule has 0 heterocycles. The van der Waals surface area contributed by atoms with Gasteiger partial charge in [0.2, 0.25) is 0 Å². The van der Waals surface area contributed by atoms with E-state index >= 15 is 0 Å². The monoisotopic (exact) mass is 313 g/mol. The van der Waals surface area contributed by atoms with E-state index in [1.807, 2.05) is 13.8 Å². The summed E-state index contributed by atoms with van der Waals surface area (Å²) in [6, 6.07) is -0.396. The van der Waals surface area contributed by atoms with Gasteiger partial charge in [0, 0.05) is 0 Å². The van der Waals surface area contributed by atoms with Crippen molar-refractivity contribution in [3.8, 4) is 0 Å². The number of unbranched alkanes of at least 4 members (excludes halogenated alkanes) is 11. The summed E-state index contributed by atoms with van der Waals surface area (Å²) in [5, 5.41) is 12.2. The minimum Gasteiger partial charge on any atom is -0.480 e. The van der Waals surface area contributed by atoms with Crippen molar-refractivity contribution in [1.29, 1.82) is 0 Å². The highest BCUT2D eigenvalue weighted by Gasteiger charge is 2.19. The highest BCUT2D eigenvalue weighted by atomic mass is 16.4. The summed E-state index contributed by atoms with van der Waals surface area (Å²) in [7, 11) is 0. The van der Waals surface area contributed by atoms with Crippen LogP contribution in [0.4, 0.5) is 0 Å². The molecule has 0 amide bonds. The second-order valence-corrected chi connectivity index (χ2v) is 6.90. The topological polar surface area (TPSA) is 49.3 Å². The summed E-state index contributed by atoms with van der Waals surface area (Å²) in [5.74, 6) is -0.580. The Morgan fingerprint density at radius 1 is 0.818 bits per heavy atom. The maximum Gasteiger partial charge on any atom is 0.320 e. The van der Waals surface area contributed by atoms with Crippen molar-refractivity contribution in [3.63, 3.8) is 0 Å². The van der Waals surface area contributed by atoms with E-state index in [9.17, 15) is 4.79 Å². The summed E-state index contributed by atoms with van der Waals surface area (Å²) in [6.45, 7) is 6.99. The molecule has 1 unspecified atom stereocenters. The molecule has 0 aliphatic carbocycles. The number of rotatable bonds is 16. The molecule has 0 aliphatic rings. The molecule has 0 aliphatic heterocycles. The number of carboxylic acid groups (broad SMARTS) is 1. The van der Waals surface area contributed by atoms with Crippen LogP contribution in [0, 0.1) is 5.92 Å². The number of carbonyl (C=O) groups is 1. The first-order valence-electron chi connectivity index (χ1n) is 9.55. The molecule has 1 atom stereocenters. The van der Waals surface area contributed by atoms with E-state index in [0.717, 1.165) is 13.0 Å². The molecule has 0 bridgehead atoms. The Morgan fingerprint density at radius 3 is 1.59 bits per heavy atom. The van der Waals surface area contributed by atoms with Crippen molar-refractivity contribution < 1.29 is 9.90 Å². The second-order valence-electron chi connectivity index (χ2n) is 6.90. The van der Waals surface area contributed by atoms with E-state index in [0.29, 0.717) is 0 Å². The molecule has 0 radical (unpaired) electrons. The van der Waals surface area contributed by atoms with Crippen molar-refractivity contribution in [2.24, 2.45) is 5.92 Å². The van der Waals surface area contributed by atoms with E-state index in [-0.39, 0.29) is 5.92 Å². The van der Waals surface area contributed by atoms with Crippen molar-refractivity contribution in [3.05, 3.63) is 0 Å². The van der Waals surface area contributed by atoms with Crippen LogP contribution in [0.3, 0.4) is 0 Å². The first-order chi connectivity index (χ1) is 10.6. The predicted molar refractivity (Wildman–Crippen MR) is 95.3 cm³/mol. The lowest BCUT2D eigenvalue weighted by Crippen LogP contribution is -2.41. The maximum atomic E-state index is 11.0. The smallest absolute Gasteiger partial charge is 0.320 e. The number of nitrogens with one attached hydrogen (secondary N) is 1. The third kappa shape index (κ3) is 13.1. The summed E-state index contributed by atoms with van der Waals surface area (Å²) >= 11 is 0. The molecule has 0 aromatic heterocycles. The molecule has 0 aromatic carbocycles. The lowest BCUT2D eigenvalue weighted by molar-refractivity contribution is -0.140. The average Bonchev–Trinajstić information content (AvgIpc) is 2.46. The number of hydrogen-bond acceptors (Lipinski definition) is 2. The normalized spacial score (nSPS) is 12.7. The average molecular weight is 314 g/mol. The van der Waals surface area contributed by atoms with Gasteiger partial charge in [0.25, 0.3) is 0 Å². The summed E-state index contributed by atoms with van der Waals surface area (Å²) in [5.41, 5.74) is 0. The van der Waals surface area contributed by atoms with Gasteiger partial charge in [-0.15, -0.1) is 0 Å². The molecule has 0 saturated heterocycles. The van der Waals surface area contributed by atoms with Gasteiger partial charge in [0.1, 0.15) is 6.04 Å². The Hall–Kier alpha value is -0.570. The molecule has 0 spiro atoms. The zero-order valence-electron chi connectivity index (χ0n) is 15.2. The molecule has 0 fully saturated rings. The van der Waals surface area contributed by atoms with Gasteiger partial charge in [-0.1, -0.05) is 91.4 Å².